The summed E-state index contributed by atoms with van der Waals surface area (Å²) >= 11 is 0. The first-order valence-corrected chi connectivity index (χ1v) is 12.6. The van der Waals surface area contributed by atoms with Crippen LogP contribution in [0.5, 0.6) is 5.75 Å². The van der Waals surface area contributed by atoms with Crippen molar-refractivity contribution < 1.29 is 33.2 Å². The molecule has 0 saturated carbocycles. The fourth-order valence-electron chi connectivity index (χ4n) is 4.62. The molecule has 0 bridgehead atoms. The zero-order valence-electron chi connectivity index (χ0n) is 22.2. The quantitative estimate of drug-likeness (QED) is 0.534. The molecule has 0 N–H and O–H groups in total. The van der Waals surface area contributed by atoms with Gasteiger partial charge >= 0.3 is 6.09 Å². The summed E-state index contributed by atoms with van der Waals surface area (Å²) in [7, 11) is 1.68. The SMILES string of the molecule is COc1cc(COC2CC(OC[C@H]3COC(C)(C)O3)CN(C(=O)OC(C)(C)C)C2)cc2ccccc12. The summed E-state index contributed by atoms with van der Waals surface area (Å²) in [6.07, 6.45) is -0.235. The number of hydrogen-bond donors (Lipinski definition) is 0. The van der Waals surface area contributed by atoms with E-state index in [0.717, 1.165) is 22.1 Å². The molecule has 2 aromatic carbocycles. The molecule has 2 aliphatic heterocycles. The predicted molar refractivity (Wildman–Crippen MR) is 136 cm³/mol. The summed E-state index contributed by atoms with van der Waals surface area (Å²) in [5.41, 5.74) is 0.430. The Morgan fingerprint density at radius 2 is 1.83 bits per heavy atom. The van der Waals surface area contributed by atoms with E-state index in [1.165, 1.54) is 0 Å². The lowest BCUT2D eigenvalue weighted by Gasteiger charge is -2.38. The van der Waals surface area contributed by atoms with Crippen molar-refractivity contribution in [3.63, 3.8) is 0 Å². The van der Waals surface area contributed by atoms with Crippen molar-refractivity contribution in [1.82, 2.24) is 4.90 Å². The third-order valence-electron chi connectivity index (χ3n) is 6.20. The molecular weight excluding hydrogens is 462 g/mol. The fourth-order valence-corrected chi connectivity index (χ4v) is 4.62. The zero-order chi connectivity index (χ0) is 25.9. The van der Waals surface area contributed by atoms with E-state index in [1.54, 1.807) is 12.0 Å². The van der Waals surface area contributed by atoms with Gasteiger partial charge < -0.3 is 33.3 Å². The molecule has 2 saturated heterocycles. The first kappa shape index (κ1) is 26.7. The second-order valence-electron chi connectivity index (χ2n) is 11.0. The number of piperidine rings is 1. The summed E-state index contributed by atoms with van der Waals surface area (Å²) < 4.78 is 35.3. The first-order chi connectivity index (χ1) is 17.0. The van der Waals surface area contributed by atoms with Gasteiger partial charge in [0.1, 0.15) is 17.5 Å². The van der Waals surface area contributed by atoms with Gasteiger partial charge in [-0.1, -0.05) is 24.3 Å². The van der Waals surface area contributed by atoms with E-state index in [-0.39, 0.29) is 24.4 Å². The van der Waals surface area contributed by atoms with Crippen LogP contribution in [0, 0.1) is 0 Å². The molecule has 1 amide bonds. The lowest BCUT2D eigenvalue weighted by atomic mass is 10.0. The summed E-state index contributed by atoms with van der Waals surface area (Å²) in [6, 6.07) is 12.2. The molecule has 3 atom stereocenters. The fraction of sp³-hybridized carbons (Fsp3) is 0.607. The Kier molecular flexibility index (Phi) is 8.09. The Hall–Kier alpha value is -2.39. The molecule has 8 nitrogen and oxygen atoms in total. The van der Waals surface area contributed by atoms with Gasteiger partial charge in [-0.05, 0) is 57.7 Å². The smallest absolute Gasteiger partial charge is 0.410 e. The molecule has 2 aromatic rings. The van der Waals surface area contributed by atoms with Crippen molar-refractivity contribution in [2.75, 3.05) is 33.4 Å². The van der Waals surface area contributed by atoms with Gasteiger partial charge in [0.2, 0.25) is 0 Å². The van der Waals surface area contributed by atoms with E-state index < -0.39 is 11.4 Å². The standard InChI is InChI=1S/C28H39NO7/c1-27(2,3)36-26(30)29-14-21(13-22(15-29)33-17-23-18-34-28(4,5)35-23)32-16-19-11-20-9-7-8-10-24(20)25(12-19)31-6/h7-12,21-23H,13-18H2,1-6H3/t21?,22?,23-/m0/s1. The summed E-state index contributed by atoms with van der Waals surface area (Å²) in [5, 5.41) is 2.16. The van der Waals surface area contributed by atoms with E-state index >= 15 is 0 Å². The van der Waals surface area contributed by atoms with Crippen LogP contribution in [0.3, 0.4) is 0 Å². The van der Waals surface area contributed by atoms with Crippen LogP contribution in [0.2, 0.25) is 0 Å². The molecule has 36 heavy (non-hydrogen) atoms. The van der Waals surface area contributed by atoms with Crippen LogP contribution in [-0.2, 0) is 30.3 Å². The third-order valence-corrected chi connectivity index (χ3v) is 6.20. The minimum atomic E-state index is -0.601. The first-order valence-electron chi connectivity index (χ1n) is 12.6. The lowest BCUT2D eigenvalue weighted by Crippen LogP contribution is -2.51. The summed E-state index contributed by atoms with van der Waals surface area (Å²) in [6.45, 7) is 11.5. The lowest BCUT2D eigenvalue weighted by molar-refractivity contribution is -0.152. The molecule has 2 aliphatic rings. The van der Waals surface area contributed by atoms with E-state index in [0.29, 0.717) is 39.3 Å². The number of ether oxygens (including phenoxy) is 6. The van der Waals surface area contributed by atoms with E-state index in [1.807, 2.05) is 58.9 Å². The highest BCUT2D eigenvalue weighted by atomic mass is 16.7. The highest BCUT2D eigenvalue weighted by molar-refractivity contribution is 5.89. The maximum absolute atomic E-state index is 12.9. The van der Waals surface area contributed by atoms with Crippen LogP contribution in [0.15, 0.2) is 36.4 Å². The van der Waals surface area contributed by atoms with Crippen molar-refractivity contribution in [3.05, 3.63) is 42.0 Å². The average molecular weight is 502 g/mol. The van der Waals surface area contributed by atoms with E-state index in [4.69, 9.17) is 28.4 Å². The Labute approximate surface area is 213 Å². The highest BCUT2D eigenvalue weighted by Crippen LogP contribution is 2.29. The van der Waals surface area contributed by atoms with Crippen LogP contribution in [0.1, 0.15) is 46.6 Å². The minimum absolute atomic E-state index is 0.138. The summed E-state index contributed by atoms with van der Waals surface area (Å²) in [4.78, 5) is 14.6. The second kappa shape index (κ2) is 10.9. The van der Waals surface area contributed by atoms with Gasteiger partial charge in [0.15, 0.2) is 5.79 Å². The van der Waals surface area contributed by atoms with Gasteiger partial charge in [-0.2, -0.15) is 0 Å². The van der Waals surface area contributed by atoms with E-state index in [9.17, 15) is 4.79 Å². The van der Waals surface area contributed by atoms with Crippen molar-refractivity contribution in [1.29, 1.82) is 0 Å². The number of amides is 1. The maximum Gasteiger partial charge on any atom is 0.410 e. The Morgan fingerprint density at radius 1 is 1.11 bits per heavy atom. The summed E-state index contributed by atoms with van der Waals surface area (Å²) in [5.74, 6) is 0.212. The van der Waals surface area contributed by atoms with Crippen molar-refractivity contribution in [2.45, 2.75) is 77.3 Å². The monoisotopic (exact) mass is 501 g/mol. The zero-order valence-corrected chi connectivity index (χ0v) is 22.2. The average Bonchev–Trinajstić information content (AvgIpc) is 3.18. The number of methoxy groups -OCH3 is 1. The largest absolute Gasteiger partial charge is 0.496 e. The molecule has 8 heteroatoms. The predicted octanol–water partition coefficient (Wildman–Crippen LogP) is 4.91. The van der Waals surface area contributed by atoms with Crippen LogP contribution in [0.25, 0.3) is 10.8 Å². The Morgan fingerprint density at radius 3 is 2.50 bits per heavy atom. The molecule has 0 aliphatic carbocycles. The van der Waals surface area contributed by atoms with Crippen molar-refractivity contribution >= 4 is 16.9 Å². The molecule has 0 spiro atoms. The molecule has 0 aromatic heterocycles. The number of fused-ring (bicyclic) bond motifs is 1. The van der Waals surface area contributed by atoms with Gasteiger partial charge in [-0.15, -0.1) is 0 Å². The van der Waals surface area contributed by atoms with Gasteiger partial charge in [0.25, 0.3) is 0 Å². The molecule has 2 heterocycles. The number of hydrogen-bond acceptors (Lipinski definition) is 7. The number of carbonyl (C=O) groups excluding carboxylic acids is 1. The molecule has 2 fully saturated rings. The Bertz CT molecular complexity index is 1050. The topological polar surface area (TPSA) is 75.7 Å². The van der Waals surface area contributed by atoms with Crippen molar-refractivity contribution in [2.24, 2.45) is 0 Å². The number of carbonyl (C=O) groups is 1. The molecule has 4 rings (SSSR count). The number of benzene rings is 2. The molecule has 0 radical (unpaired) electrons. The van der Waals surface area contributed by atoms with Gasteiger partial charge in [-0.25, -0.2) is 4.79 Å². The molecule has 2 unspecified atom stereocenters. The normalized spacial score (nSPS) is 24.2. The molecule has 198 valence electrons. The number of nitrogens with zero attached hydrogens (tertiary/aromatic N) is 1. The van der Waals surface area contributed by atoms with E-state index in [2.05, 4.69) is 12.1 Å². The van der Waals surface area contributed by atoms with Gasteiger partial charge in [0, 0.05) is 11.8 Å². The van der Waals surface area contributed by atoms with Crippen LogP contribution in [-0.4, -0.2) is 74.1 Å². The highest BCUT2D eigenvalue weighted by Gasteiger charge is 2.36. The molecular formula is C28H39NO7. The Balaban J connectivity index is 1.42. The van der Waals surface area contributed by atoms with Gasteiger partial charge in [-0.3, -0.25) is 0 Å². The number of likely N-dealkylation sites (tertiary alicyclic amines) is 1. The second-order valence-corrected chi connectivity index (χ2v) is 11.0. The maximum atomic E-state index is 12.9. The van der Waals surface area contributed by atoms with Crippen LogP contribution >= 0.6 is 0 Å². The minimum Gasteiger partial charge on any atom is -0.496 e. The van der Waals surface area contributed by atoms with Gasteiger partial charge in [0.05, 0.1) is 52.2 Å². The van der Waals surface area contributed by atoms with Crippen LogP contribution in [0.4, 0.5) is 4.79 Å². The van der Waals surface area contributed by atoms with Crippen molar-refractivity contribution in [3.8, 4) is 5.75 Å². The van der Waals surface area contributed by atoms with Crippen LogP contribution < -0.4 is 4.74 Å². The third kappa shape index (κ3) is 7.09. The number of rotatable bonds is 7.